The summed E-state index contributed by atoms with van der Waals surface area (Å²) < 4.78 is 5.46. The summed E-state index contributed by atoms with van der Waals surface area (Å²) >= 11 is 1.47. The van der Waals surface area contributed by atoms with Crippen LogP contribution in [0, 0.1) is 5.92 Å². The zero-order valence-corrected chi connectivity index (χ0v) is 20.1. The van der Waals surface area contributed by atoms with Crippen LogP contribution in [0.15, 0.2) is 24.3 Å². The maximum atomic E-state index is 12.8. The molecule has 1 aliphatic carbocycles. The number of amides is 2. The summed E-state index contributed by atoms with van der Waals surface area (Å²) in [5.41, 5.74) is 2.72. The van der Waals surface area contributed by atoms with Gasteiger partial charge in [-0.1, -0.05) is 13.0 Å². The highest BCUT2D eigenvalue weighted by molar-refractivity contribution is 7.17. The number of nitrogens with zero attached hydrogens (tertiary/aromatic N) is 1. The Bertz CT molecular complexity index is 1010. The fraction of sp³-hybridized carbons (Fsp3) is 0.458. The summed E-state index contributed by atoms with van der Waals surface area (Å²) in [6.45, 7) is 5.84. The van der Waals surface area contributed by atoms with Gasteiger partial charge < -0.3 is 20.3 Å². The maximum Gasteiger partial charge on any atom is 0.341 e. The zero-order chi connectivity index (χ0) is 23.4. The largest absolute Gasteiger partial charge is 0.459 e. The molecule has 7 nitrogen and oxygen atoms in total. The number of hydrogen-bond acceptors (Lipinski definition) is 6. The number of rotatable bonds is 7. The fourth-order valence-corrected chi connectivity index (χ4v) is 5.12. The number of ether oxygens (including phenoxy) is 1. The van der Waals surface area contributed by atoms with E-state index >= 15 is 0 Å². The summed E-state index contributed by atoms with van der Waals surface area (Å²) in [4.78, 5) is 40.3. The monoisotopic (exact) mass is 457 g/mol. The van der Waals surface area contributed by atoms with Crippen LogP contribution in [0.25, 0.3) is 0 Å². The first-order chi connectivity index (χ1) is 15.2. The predicted octanol–water partition coefficient (Wildman–Crippen LogP) is 4.19. The molecule has 3 rings (SSSR count). The molecule has 0 saturated carbocycles. The molecular formula is C24H31N3O4S. The molecule has 172 valence electrons. The number of benzene rings is 1. The van der Waals surface area contributed by atoms with Crippen LogP contribution in [0.4, 0.5) is 10.7 Å². The Morgan fingerprint density at radius 2 is 2.00 bits per heavy atom. The minimum absolute atomic E-state index is 0.0112. The van der Waals surface area contributed by atoms with E-state index in [4.69, 9.17) is 4.74 Å². The Balaban J connectivity index is 1.73. The van der Waals surface area contributed by atoms with Crippen LogP contribution < -0.4 is 10.6 Å². The van der Waals surface area contributed by atoms with Gasteiger partial charge in [-0.2, -0.15) is 0 Å². The van der Waals surface area contributed by atoms with E-state index < -0.39 is 0 Å². The molecule has 2 N–H and O–H groups in total. The Kier molecular flexibility index (Phi) is 7.56. The highest BCUT2D eigenvalue weighted by atomic mass is 32.1. The molecule has 32 heavy (non-hydrogen) atoms. The maximum absolute atomic E-state index is 12.8. The normalized spacial score (nSPS) is 15.1. The van der Waals surface area contributed by atoms with Gasteiger partial charge in [-0.05, 0) is 62.8 Å². The molecule has 0 bridgehead atoms. The van der Waals surface area contributed by atoms with Crippen molar-refractivity contribution >= 4 is 39.8 Å². The van der Waals surface area contributed by atoms with Gasteiger partial charge in [0, 0.05) is 30.2 Å². The topological polar surface area (TPSA) is 87.7 Å². The van der Waals surface area contributed by atoms with Crippen LogP contribution >= 0.6 is 11.3 Å². The lowest BCUT2D eigenvalue weighted by molar-refractivity contribution is -0.114. The molecule has 0 aliphatic heterocycles. The average molecular weight is 458 g/mol. The number of esters is 1. The van der Waals surface area contributed by atoms with Crippen molar-refractivity contribution in [2.45, 2.75) is 46.1 Å². The molecular weight excluding hydrogens is 426 g/mol. The van der Waals surface area contributed by atoms with E-state index in [9.17, 15) is 14.4 Å². The standard InChI is InChI=1S/C24H31N3O4S/c1-14(2)31-24(30)21-18-10-9-15(3)11-19(18)32-22(21)26-20(28)13-25-17-8-6-7-16(12-17)23(29)27(4)5/h6-8,12,14-15,25H,9-11,13H2,1-5H3,(H,26,28)/t15-/m0/s1. The molecule has 0 radical (unpaired) electrons. The fourth-order valence-electron chi connectivity index (χ4n) is 3.70. The van der Waals surface area contributed by atoms with Gasteiger partial charge >= 0.3 is 5.97 Å². The number of carbonyl (C=O) groups is 3. The van der Waals surface area contributed by atoms with Crippen LogP contribution in [-0.2, 0) is 22.4 Å². The van der Waals surface area contributed by atoms with E-state index in [1.165, 1.54) is 16.2 Å². The zero-order valence-electron chi connectivity index (χ0n) is 19.3. The number of hydrogen-bond donors (Lipinski definition) is 2. The second-order valence-corrected chi connectivity index (χ2v) is 9.80. The third kappa shape index (κ3) is 5.68. The van der Waals surface area contributed by atoms with Gasteiger partial charge in [0.05, 0.1) is 18.2 Å². The summed E-state index contributed by atoms with van der Waals surface area (Å²) in [5, 5.41) is 6.51. The van der Waals surface area contributed by atoms with Crippen molar-refractivity contribution in [1.82, 2.24) is 4.90 Å². The lowest BCUT2D eigenvalue weighted by Gasteiger charge is -2.19. The van der Waals surface area contributed by atoms with Gasteiger partial charge in [0.1, 0.15) is 5.00 Å². The molecule has 0 unspecified atom stereocenters. The first kappa shape index (κ1) is 23.8. The molecule has 1 atom stereocenters. The van der Waals surface area contributed by atoms with Crippen molar-refractivity contribution in [1.29, 1.82) is 0 Å². The Morgan fingerprint density at radius 3 is 2.69 bits per heavy atom. The molecule has 0 saturated heterocycles. The van der Waals surface area contributed by atoms with Gasteiger partial charge in [0.2, 0.25) is 5.91 Å². The summed E-state index contributed by atoms with van der Waals surface area (Å²) in [6, 6.07) is 7.02. The lowest BCUT2D eigenvalue weighted by atomic mass is 9.88. The first-order valence-corrected chi connectivity index (χ1v) is 11.7. The van der Waals surface area contributed by atoms with Gasteiger partial charge in [-0.15, -0.1) is 11.3 Å². The van der Waals surface area contributed by atoms with Crippen molar-refractivity contribution < 1.29 is 19.1 Å². The van der Waals surface area contributed by atoms with Crippen LogP contribution in [0.1, 0.15) is 58.3 Å². The first-order valence-electron chi connectivity index (χ1n) is 10.9. The Morgan fingerprint density at radius 1 is 1.25 bits per heavy atom. The van der Waals surface area contributed by atoms with Crippen molar-refractivity contribution in [3.8, 4) is 0 Å². The van der Waals surface area contributed by atoms with Crippen LogP contribution in [-0.4, -0.2) is 49.4 Å². The molecule has 0 fully saturated rings. The third-order valence-electron chi connectivity index (χ3n) is 5.28. The lowest BCUT2D eigenvalue weighted by Crippen LogP contribution is -2.24. The minimum atomic E-state index is -0.384. The molecule has 2 amide bonds. The molecule has 0 spiro atoms. The van der Waals surface area contributed by atoms with Crippen molar-refractivity contribution in [2.75, 3.05) is 31.3 Å². The van der Waals surface area contributed by atoms with Crippen molar-refractivity contribution in [2.24, 2.45) is 5.92 Å². The summed E-state index contributed by atoms with van der Waals surface area (Å²) in [7, 11) is 3.39. The number of thiophene rings is 1. The quantitative estimate of drug-likeness (QED) is 0.609. The van der Waals surface area contributed by atoms with Crippen LogP contribution in [0.5, 0.6) is 0 Å². The van der Waals surface area contributed by atoms with Crippen molar-refractivity contribution in [3.63, 3.8) is 0 Å². The van der Waals surface area contributed by atoms with E-state index in [-0.39, 0.29) is 30.4 Å². The number of fused-ring (bicyclic) bond motifs is 1. The highest BCUT2D eigenvalue weighted by Crippen LogP contribution is 2.40. The van der Waals surface area contributed by atoms with Crippen molar-refractivity contribution in [3.05, 3.63) is 45.8 Å². The number of nitrogens with one attached hydrogen (secondary N) is 2. The molecule has 8 heteroatoms. The molecule has 1 aliphatic rings. The van der Waals surface area contributed by atoms with E-state index in [0.29, 0.717) is 27.7 Å². The predicted molar refractivity (Wildman–Crippen MR) is 128 cm³/mol. The van der Waals surface area contributed by atoms with Gasteiger partial charge in [0.25, 0.3) is 5.91 Å². The molecule has 1 aromatic carbocycles. The van der Waals surface area contributed by atoms with Gasteiger partial charge in [-0.25, -0.2) is 4.79 Å². The average Bonchev–Trinajstić information content (AvgIpc) is 3.08. The van der Waals surface area contributed by atoms with Gasteiger partial charge in [0.15, 0.2) is 0 Å². The molecule has 2 aromatic rings. The van der Waals surface area contributed by atoms with E-state index in [1.54, 1.807) is 38.4 Å². The van der Waals surface area contributed by atoms with Gasteiger partial charge in [-0.3, -0.25) is 9.59 Å². The Hall–Kier alpha value is -2.87. The summed E-state index contributed by atoms with van der Waals surface area (Å²) in [5.74, 6) is -0.202. The smallest absolute Gasteiger partial charge is 0.341 e. The third-order valence-corrected chi connectivity index (χ3v) is 6.45. The highest BCUT2D eigenvalue weighted by Gasteiger charge is 2.29. The van der Waals surface area contributed by atoms with Crippen LogP contribution in [0.3, 0.4) is 0 Å². The van der Waals surface area contributed by atoms with Crippen LogP contribution in [0.2, 0.25) is 0 Å². The van der Waals surface area contributed by atoms with E-state index in [2.05, 4.69) is 17.6 Å². The second kappa shape index (κ2) is 10.2. The second-order valence-electron chi connectivity index (χ2n) is 8.69. The van der Waals surface area contributed by atoms with E-state index in [1.807, 2.05) is 13.8 Å². The minimum Gasteiger partial charge on any atom is -0.459 e. The number of carbonyl (C=O) groups excluding carboxylic acids is 3. The number of anilines is 2. The SMILES string of the molecule is CC(C)OC(=O)c1c(NC(=O)CNc2cccc(C(=O)N(C)C)c2)sc2c1CC[C@H](C)C2. The molecule has 1 heterocycles. The Labute approximate surface area is 193 Å². The van der Waals surface area contributed by atoms with E-state index in [0.717, 1.165) is 29.7 Å². The summed E-state index contributed by atoms with van der Waals surface area (Å²) in [6.07, 6.45) is 2.50. The molecule has 1 aromatic heterocycles.